The number of nitrogens with zero attached hydrogens (tertiary/aromatic N) is 2. The summed E-state index contributed by atoms with van der Waals surface area (Å²) in [6.45, 7) is 0.840. The van der Waals surface area contributed by atoms with Gasteiger partial charge >= 0.3 is 0 Å². The van der Waals surface area contributed by atoms with Gasteiger partial charge in [-0.05, 0) is 24.6 Å². The number of halogens is 1. The average Bonchev–Trinajstić information content (AvgIpc) is 2.86. The molecule has 1 aromatic carbocycles. The van der Waals surface area contributed by atoms with Crippen molar-refractivity contribution in [2.75, 3.05) is 13.6 Å². The van der Waals surface area contributed by atoms with Crippen molar-refractivity contribution in [3.8, 4) is 0 Å². The molecule has 1 saturated heterocycles. The fraction of sp³-hybridized carbons (Fsp3) is 0.333. The molecule has 3 rings (SSSR count). The molecule has 1 unspecified atom stereocenters. The van der Waals surface area contributed by atoms with E-state index in [9.17, 15) is 4.79 Å². The molecule has 0 N–H and O–H groups in total. The molecule has 1 aliphatic rings. The highest BCUT2D eigenvalue weighted by molar-refractivity contribution is 8.02. The summed E-state index contributed by atoms with van der Waals surface area (Å²) in [5, 5.41) is 0.715. The number of aromatic nitrogens is 1. The number of hydrogen-bond acceptors (Lipinski definition) is 4. The van der Waals surface area contributed by atoms with E-state index in [0.29, 0.717) is 5.02 Å². The molecule has 1 aromatic heterocycles. The fourth-order valence-corrected chi connectivity index (χ4v) is 4.50. The van der Waals surface area contributed by atoms with E-state index in [1.165, 1.54) is 0 Å². The molecule has 2 aromatic rings. The third kappa shape index (κ3) is 2.22. The first kappa shape index (κ1) is 12.3. The van der Waals surface area contributed by atoms with Gasteiger partial charge in [-0.3, -0.25) is 4.79 Å². The Balaban J connectivity index is 1.85. The van der Waals surface area contributed by atoms with Gasteiger partial charge in [-0.1, -0.05) is 23.4 Å². The van der Waals surface area contributed by atoms with Crippen molar-refractivity contribution in [2.45, 2.75) is 16.0 Å². The van der Waals surface area contributed by atoms with E-state index >= 15 is 0 Å². The monoisotopic (exact) mass is 298 g/mol. The Morgan fingerprint density at radius 1 is 1.56 bits per heavy atom. The van der Waals surface area contributed by atoms with E-state index in [2.05, 4.69) is 4.98 Å². The lowest BCUT2D eigenvalue weighted by molar-refractivity contribution is -0.126. The Hall–Kier alpha value is -0.780. The normalized spacial score (nSPS) is 20.0. The number of hydrogen-bond donors (Lipinski definition) is 0. The van der Waals surface area contributed by atoms with Crippen molar-refractivity contribution < 1.29 is 4.79 Å². The van der Waals surface area contributed by atoms with Crippen molar-refractivity contribution >= 4 is 50.8 Å². The van der Waals surface area contributed by atoms with Gasteiger partial charge in [-0.15, -0.1) is 11.3 Å². The summed E-state index contributed by atoms with van der Waals surface area (Å²) in [6.07, 6.45) is 0.899. The number of thiazole rings is 1. The van der Waals surface area contributed by atoms with Crippen LogP contribution < -0.4 is 0 Å². The number of fused-ring (bicyclic) bond motifs is 1. The molecule has 0 radical (unpaired) electrons. The Bertz CT molecular complexity index is 613. The quantitative estimate of drug-likeness (QED) is 0.853. The summed E-state index contributed by atoms with van der Waals surface area (Å²) in [5.41, 5.74) is 0.911. The Morgan fingerprint density at radius 3 is 3.11 bits per heavy atom. The topological polar surface area (TPSA) is 33.2 Å². The molecule has 2 heterocycles. The predicted molar refractivity (Wildman–Crippen MR) is 76.5 cm³/mol. The van der Waals surface area contributed by atoms with Crippen LogP contribution in [0.15, 0.2) is 22.5 Å². The van der Waals surface area contributed by atoms with Gasteiger partial charge in [0.2, 0.25) is 5.91 Å². The largest absolute Gasteiger partial charge is 0.345 e. The molecule has 0 bridgehead atoms. The zero-order valence-electron chi connectivity index (χ0n) is 9.72. The van der Waals surface area contributed by atoms with Crippen molar-refractivity contribution in [3.63, 3.8) is 0 Å². The minimum absolute atomic E-state index is 0.0195. The van der Waals surface area contributed by atoms with Crippen LogP contribution in [0.2, 0.25) is 5.02 Å². The average molecular weight is 299 g/mol. The maximum Gasteiger partial charge on any atom is 0.235 e. The molecule has 0 saturated carbocycles. The van der Waals surface area contributed by atoms with Crippen LogP contribution >= 0.6 is 34.7 Å². The molecule has 1 fully saturated rings. The van der Waals surface area contributed by atoms with Gasteiger partial charge in [0.25, 0.3) is 0 Å². The van der Waals surface area contributed by atoms with Gasteiger partial charge in [0.05, 0.1) is 15.5 Å². The highest BCUT2D eigenvalue weighted by Crippen LogP contribution is 2.36. The molecule has 18 heavy (non-hydrogen) atoms. The molecule has 1 aliphatic heterocycles. The smallest absolute Gasteiger partial charge is 0.235 e. The van der Waals surface area contributed by atoms with Crippen LogP contribution in [0.5, 0.6) is 0 Å². The number of benzene rings is 1. The second kappa shape index (κ2) is 4.72. The van der Waals surface area contributed by atoms with E-state index in [1.54, 1.807) is 28.0 Å². The molecular weight excluding hydrogens is 288 g/mol. The molecule has 6 heteroatoms. The number of amides is 1. The molecule has 1 amide bonds. The Morgan fingerprint density at radius 2 is 2.39 bits per heavy atom. The van der Waals surface area contributed by atoms with Gasteiger partial charge in [-0.25, -0.2) is 4.98 Å². The highest BCUT2D eigenvalue weighted by Gasteiger charge is 2.30. The molecule has 0 spiro atoms. The van der Waals surface area contributed by atoms with Crippen LogP contribution in [-0.4, -0.2) is 34.6 Å². The van der Waals surface area contributed by atoms with Crippen LogP contribution in [0.3, 0.4) is 0 Å². The number of carbonyl (C=O) groups is 1. The molecule has 94 valence electrons. The zero-order chi connectivity index (χ0) is 12.7. The second-order valence-electron chi connectivity index (χ2n) is 4.25. The van der Waals surface area contributed by atoms with Crippen molar-refractivity contribution in [2.24, 2.45) is 0 Å². The van der Waals surface area contributed by atoms with Crippen LogP contribution in [-0.2, 0) is 4.79 Å². The first-order valence-corrected chi connectivity index (χ1v) is 7.68. The fourth-order valence-electron chi connectivity index (χ4n) is 1.95. The zero-order valence-corrected chi connectivity index (χ0v) is 12.1. The highest BCUT2D eigenvalue weighted by atomic mass is 35.5. The van der Waals surface area contributed by atoms with Crippen LogP contribution in [0.4, 0.5) is 0 Å². The van der Waals surface area contributed by atoms with Crippen molar-refractivity contribution in [1.29, 1.82) is 0 Å². The van der Waals surface area contributed by atoms with E-state index in [-0.39, 0.29) is 11.2 Å². The van der Waals surface area contributed by atoms with Gasteiger partial charge in [0.15, 0.2) is 4.34 Å². The third-order valence-electron chi connectivity index (χ3n) is 2.95. The van der Waals surface area contributed by atoms with E-state index < -0.39 is 0 Å². The predicted octanol–water partition coefficient (Wildman–Crippen LogP) is 3.27. The molecule has 0 aliphatic carbocycles. The lowest BCUT2D eigenvalue weighted by Gasteiger charge is -2.07. The van der Waals surface area contributed by atoms with Gasteiger partial charge in [0.1, 0.15) is 0 Å². The summed E-state index contributed by atoms with van der Waals surface area (Å²) < 4.78 is 2.06. The summed E-state index contributed by atoms with van der Waals surface area (Å²) in [7, 11) is 1.85. The van der Waals surface area contributed by atoms with Gasteiger partial charge < -0.3 is 4.90 Å². The van der Waals surface area contributed by atoms with Crippen molar-refractivity contribution in [3.05, 3.63) is 23.2 Å². The maximum absolute atomic E-state index is 11.8. The molecule has 3 nitrogen and oxygen atoms in total. The van der Waals surface area contributed by atoms with Crippen LogP contribution in [0.25, 0.3) is 10.2 Å². The van der Waals surface area contributed by atoms with Gasteiger partial charge in [0, 0.05) is 18.6 Å². The lowest BCUT2D eigenvalue weighted by Crippen LogP contribution is -2.23. The van der Waals surface area contributed by atoms with Crippen LogP contribution in [0.1, 0.15) is 6.42 Å². The Kier molecular flexibility index (Phi) is 3.21. The number of rotatable bonds is 2. The lowest BCUT2D eigenvalue weighted by atomic mass is 10.3. The summed E-state index contributed by atoms with van der Waals surface area (Å²) in [4.78, 5) is 18.1. The molecule has 1 atom stereocenters. The first-order chi connectivity index (χ1) is 8.63. The number of thioether (sulfide) groups is 1. The number of carbonyl (C=O) groups excluding carboxylic acids is 1. The summed E-state index contributed by atoms with van der Waals surface area (Å²) >= 11 is 9.12. The van der Waals surface area contributed by atoms with E-state index in [1.807, 2.05) is 25.2 Å². The summed E-state index contributed by atoms with van der Waals surface area (Å²) in [5.74, 6) is 0.206. The second-order valence-corrected chi connectivity index (χ2v) is 7.16. The molecular formula is C12H11ClN2OS2. The van der Waals surface area contributed by atoms with Crippen molar-refractivity contribution in [1.82, 2.24) is 9.88 Å². The third-order valence-corrected chi connectivity index (χ3v) is 5.57. The number of likely N-dealkylation sites (tertiary alicyclic amines) is 1. The van der Waals surface area contributed by atoms with Crippen LogP contribution in [0, 0.1) is 0 Å². The standard InChI is InChI=1S/C12H11ClN2OS2/c1-15-5-4-10(11(15)16)18-12-14-8-6-7(13)2-3-9(8)17-12/h2-3,6,10H,4-5H2,1H3. The van der Waals surface area contributed by atoms with E-state index in [4.69, 9.17) is 11.6 Å². The maximum atomic E-state index is 11.8. The summed E-state index contributed by atoms with van der Waals surface area (Å²) in [6, 6.07) is 5.70. The van der Waals surface area contributed by atoms with Gasteiger partial charge in [-0.2, -0.15) is 0 Å². The van der Waals surface area contributed by atoms with E-state index in [0.717, 1.165) is 27.5 Å². The minimum atomic E-state index is 0.0195. The SMILES string of the molecule is CN1CCC(Sc2nc3cc(Cl)ccc3s2)C1=O. The Labute approximate surface area is 118 Å². The minimum Gasteiger partial charge on any atom is -0.345 e. The first-order valence-electron chi connectivity index (χ1n) is 5.61.